The highest BCUT2D eigenvalue weighted by atomic mass is 35.5. The van der Waals surface area contributed by atoms with Crippen LogP contribution in [0.3, 0.4) is 0 Å². The Bertz CT molecular complexity index is 1180. The van der Waals surface area contributed by atoms with E-state index in [0.717, 1.165) is 24.0 Å². The SMILES string of the molecule is COc1cc(CC(=O)N2CCCC2c2cc(CCC(=O)O)on2)ccc1OCc1ccc(Cl)cc1. The molecule has 1 fully saturated rings. The number of halogens is 1. The topological polar surface area (TPSA) is 102 Å². The van der Waals surface area contributed by atoms with Crippen molar-refractivity contribution in [2.45, 2.75) is 44.8 Å². The molecular weight excluding hydrogens is 472 g/mol. The van der Waals surface area contributed by atoms with Gasteiger partial charge in [0.2, 0.25) is 5.91 Å². The lowest BCUT2D eigenvalue weighted by Crippen LogP contribution is -2.32. The Balaban J connectivity index is 1.39. The van der Waals surface area contributed by atoms with E-state index in [9.17, 15) is 9.59 Å². The Labute approximate surface area is 208 Å². The number of carboxylic acids is 1. The van der Waals surface area contributed by atoms with Crippen molar-refractivity contribution >= 4 is 23.5 Å². The molecule has 9 heteroatoms. The molecule has 1 aliphatic heterocycles. The predicted molar refractivity (Wildman–Crippen MR) is 129 cm³/mol. The average Bonchev–Trinajstić information content (AvgIpc) is 3.52. The molecule has 1 aromatic heterocycles. The van der Waals surface area contributed by atoms with Crippen LogP contribution < -0.4 is 9.47 Å². The summed E-state index contributed by atoms with van der Waals surface area (Å²) in [6, 6.07) is 14.5. The van der Waals surface area contributed by atoms with Crippen molar-refractivity contribution < 1.29 is 28.7 Å². The van der Waals surface area contributed by atoms with E-state index in [0.29, 0.717) is 41.1 Å². The molecule has 1 saturated heterocycles. The van der Waals surface area contributed by atoms with Gasteiger partial charge in [0.05, 0.1) is 26.0 Å². The summed E-state index contributed by atoms with van der Waals surface area (Å²) in [5.74, 6) is 0.758. The van der Waals surface area contributed by atoms with Gasteiger partial charge >= 0.3 is 5.97 Å². The number of aliphatic carboxylic acids is 1. The van der Waals surface area contributed by atoms with Crippen molar-refractivity contribution in [2.24, 2.45) is 0 Å². The number of hydrogen-bond acceptors (Lipinski definition) is 6. The Kier molecular flexibility index (Phi) is 7.92. The molecule has 0 radical (unpaired) electrons. The standard InChI is InChI=1S/C26H27ClN2O6/c1-33-24-13-18(6-10-23(24)34-16-17-4-7-19(27)8-5-17)14-25(30)29-12-2-3-22(29)21-15-20(35-28-21)9-11-26(31)32/h4-8,10,13,15,22H,2-3,9,11-12,14,16H2,1H3,(H,31,32). The monoisotopic (exact) mass is 498 g/mol. The summed E-state index contributed by atoms with van der Waals surface area (Å²) < 4.78 is 16.7. The quantitative estimate of drug-likeness (QED) is 0.426. The minimum Gasteiger partial charge on any atom is -0.493 e. The van der Waals surface area contributed by atoms with Crippen molar-refractivity contribution in [1.82, 2.24) is 10.1 Å². The smallest absolute Gasteiger partial charge is 0.303 e. The second kappa shape index (κ2) is 11.3. The fraction of sp³-hybridized carbons (Fsp3) is 0.346. The van der Waals surface area contributed by atoms with E-state index in [1.165, 1.54) is 0 Å². The zero-order chi connectivity index (χ0) is 24.8. The van der Waals surface area contributed by atoms with E-state index in [2.05, 4.69) is 5.16 Å². The summed E-state index contributed by atoms with van der Waals surface area (Å²) in [5.41, 5.74) is 2.47. The van der Waals surface area contributed by atoms with Gasteiger partial charge in [-0.05, 0) is 48.2 Å². The number of methoxy groups -OCH3 is 1. The lowest BCUT2D eigenvalue weighted by molar-refractivity contribution is -0.137. The fourth-order valence-corrected chi connectivity index (χ4v) is 4.29. The number of aryl methyl sites for hydroxylation is 1. The largest absolute Gasteiger partial charge is 0.493 e. The van der Waals surface area contributed by atoms with Gasteiger partial charge in [-0.3, -0.25) is 9.59 Å². The Morgan fingerprint density at radius 3 is 2.66 bits per heavy atom. The first-order chi connectivity index (χ1) is 16.9. The lowest BCUT2D eigenvalue weighted by atomic mass is 10.1. The Morgan fingerprint density at radius 2 is 1.91 bits per heavy atom. The molecule has 2 heterocycles. The van der Waals surface area contributed by atoms with Crippen LogP contribution in [0.4, 0.5) is 0 Å². The maximum atomic E-state index is 13.2. The van der Waals surface area contributed by atoms with Gasteiger partial charge in [-0.25, -0.2) is 0 Å². The number of likely N-dealkylation sites (tertiary alicyclic amines) is 1. The van der Waals surface area contributed by atoms with Crippen molar-refractivity contribution in [3.8, 4) is 11.5 Å². The van der Waals surface area contributed by atoms with Crippen LogP contribution in [0.15, 0.2) is 53.1 Å². The summed E-state index contributed by atoms with van der Waals surface area (Å²) in [7, 11) is 1.57. The average molecular weight is 499 g/mol. The van der Waals surface area contributed by atoms with Gasteiger partial charge < -0.3 is 24.0 Å². The second-order valence-corrected chi connectivity index (χ2v) is 8.87. The zero-order valence-electron chi connectivity index (χ0n) is 19.4. The van der Waals surface area contributed by atoms with Crippen LogP contribution in [0.25, 0.3) is 0 Å². The zero-order valence-corrected chi connectivity index (χ0v) is 20.2. The van der Waals surface area contributed by atoms with Crippen molar-refractivity contribution in [3.63, 3.8) is 0 Å². The third-order valence-electron chi connectivity index (χ3n) is 5.97. The van der Waals surface area contributed by atoms with Crippen molar-refractivity contribution in [1.29, 1.82) is 0 Å². The molecule has 0 spiro atoms. The van der Waals surface area contributed by atoms with Gasteiger partial charge in [0.1, 0.15) is 18.1 Å². The molecule has 0 bridgehead atoms. The van der Waals surface area contributed by atoms with E-state index in [1.54, 1.807) is 13.2 Å². The molecule has 1 aliphatic rings. The summed E-state index contributed by atoms with van der Waals surface area (Å²) in [4.78, 5) is 25.8. The number of nitrogens with zero attached hydrogens (tertiary/aromatic N) is 2. The maximum Gasteiger partial charge on any atom is 0.303 e. The molecule has 2 aromatic carbocycles. The van der Waals surface area contributed by atoms with Crippen LogP contribution >= 0.6 is 11.6 Å². The van der Waals surface area contributed by atoms with Crippen LogP contribution in [0.5, 0.6) is 11.5 Å². The first kappa shape index (κ1) is 24.6. The highest BCUT2D eigenvalue weighted by Gasteiger charge is 2.32. The number of aromatic nitrogens is 1. The Hall–Kier alpha value is -3.52. The molecule has 1 N–H and O–H groups in total. The molecule has 0 aliphatic carbocycles. The summed E-state index contributed by atoms with van der Waals surface area (Å²) in [6.45, 7) is 1.01. The van der Waals surface area contributed by atoms with Gasteiger partial charge in [-0.2, -0.15) is 0 Å². The van der Waals surface area contributed by atoms with Crippen molar-refractivity contribution in [2.75, 3.05) is 13.7 Å². The van der Waals surface area contributed by atoms with Gasteiger partial charge in [0.15, 0.2) is 11.5 Å². The van der Waals surface area contributed by atoms with E-state index in [4.69, 9.17) is 30.7 Å². The van der Waals surface area contributed by atoms with E-state index in [1.807, 2.05) is 47.4 Å². The van der Waals surface area contributed by atoms with Gasteiger partial charge in [0.25, 0.3) is 0 Å². The van der Waals surface area contributed by atoms with Crippen LogP contribution in [0, 0.1) is 0 Å². The van der Waals surface area contributed by atoms with Crippen LogP contribution in [-0.4, -0.2) is 40.7 Å². The van der Waals surface area contributed by atoms with Crippen LogP contribution in [-0.2, 0) is 29.0 Å². The van der Waals surface area contributed by atoms with E-state index < -0.39 is 5.97 Å². The third-order valence-corrected chi connectivity index (χ3v) is 6.22. The number of hydrogen-bond donors (Lipinski definition) is 1. The molecule has 1 unspecified atom stereocenters. The number of rotatable bonds is 10. The van der Waals surface area contributed by atoms with Crippen LogP contribution in [0.1, 0.15) is 47.9 Å². The van der Waals surface area contributed by atoms with Crippen molar-refractivity contribution in [3.05, 3.63) is 76.1 Å². The molecule has 0 saturated carbocycles. The Morgan fingerprint density at radius 1 is 1.14 bits per heavy atom. The molecule has 8 nitrogen and oxygen atoms in total. The number of carbonyl (C=O) groups excluding carboxylic acids is 1. The molecular formula is C26H27ClN2O6. The first-order valence-corrected chi connectivity index (χ1v) is 11.8. The minimum atomic E-state index is -0.891. The summed E-state index contributed by atoms with van der Waals surface area (Å²) in [5, 5.41) is 13.6. The highest BCUT2D eigenvalue weighted by Crippen LogP contribution is 2.33. The molecule has 4 rings (SSSR count). The maximum absolute atomic E-state index is 13.2. The lowest BCUT2D eigenvalue weighted by Gasteiger charge is -2.23. The number of benzene rings is 2. The molecule has 1 atom stereocenters. The second-order valence-electron chi connectivity index (χ2n) is 8.43. The van der Waals surface area contributed by atoms with E-state index in [-0.39, 0.29) is 31.2 Å². The summed E-state index contributed by atoms with van der Waals surface area (Å²) in [6.07, 6.45) is 2.12. The number of carboxylic acid groups (broad SMARTS) is 1. The van der Waals surface area contributed by atoms with Gasteiger partial charge in [-0.1, -0.05) is 35.0 Å². The molecule has 1 amide bonds. The van der Waals surface area contributed by atoms with E-state index >= 15 is 0 Å². The molecule has 3 aromatic rings. The number of amides is 1. The fourth-order valence-electron chi connectivity index (χ4n) is 4.17. The van der Waals surface area contributed by atoms with Crippen LogP contribution in [0.2, 0.25) is 5.02 Å². The summed E-state index contributed by atoms with van der Waals surface area (Å²) >= 11 is 5.93. The first-order valence-electron chi connectivity index (χ1n) is 11.4. The molecule has 184 valence electrons. The third kappa shape index (κ3) is 6.33. The number of carbonyl (C=O) groups is 2. The molecule has 35 heavy (non-hydrogen) atoms. The number of ether oxygens (including phenoxy) is 2. The minimum absolute atomic E-state index is 0.0144. The van der Waals surface area contributed by atoms with Gasteiger partial charge in [0, 0.05) is 24.1 Å². The highest BCUT2D eigenvalue weighted by molar-refractivity contribution is 6.30. The normalized spacial score (nSPS) is 15.3. The predicted octanol–water partition coefficient (Wildman–Crippen LogP) is 4.84. The van der Waals surface area contributed by atoms with Gasteiger partial charge in [-0.15, -0.1) is 0 Å².